The van der Waals surface area contributed by atoms with Crippen molar-refractivity contribution in [3.63, 3.8) is 0 Å². The molecular formula is C23H23F3N4O. The lowest BCUT2D eigenvalue weighted by atomic mass is 9.96. The van der Waals surface area contributed by atoms with E-state index in [1.807, 2.05) is 63.2 Å². The summed E-state index contributed by atoms with van der Waals surface area (Å²) in [5.74, 6) is -0.379. The number of alkyl halides is 3. The van der Waals surface area contributed by atoms with Crippen molar-refractivity contribution in [2.24, 2.45) is 0 Å². The van der Waals surface area contributed by atoms with Gasteiger partial charge in [0.15, 0.2) is 11.7 Å². The molecule has 3 aromatic rings. The normalized spacial score (nSPS) is 18.3. The van der Waals surface area contributed by atoms with E-state index >= 15 is 0 Å². The summed E-state index contributed by atoms with van der Waals surface area (Å²) in [4.78, 5) is 12.7. The van der Waals surface area contributed by atoms with Gasteiger partial charge in [-0.15, -0.1) is 0 Å². The summed E-state index contributed by atoms with van der Waals surface area (Å²) in [7, 11) is 0. The number of anilines is 2. The molecule has 2 heterocycles. The zero-order valence-electron chi connectivity index (χ0n) is 17.4. The molecule has 2 aromatic carbocycles. The van der Waals surface area contributed by atoms with Crippen LogP contribution in [0.3, 0.4) is 0 Å². The van der Waals surface area contributed by atoms with Crippen LogP contribution in [0.5, 0.6) is 0 Å². The van der Waals surface area contributed by atoms with Crippen molar-refractivity contribution in [3.8, 4) is 0 Å². The molecule has 162 valence electrons. The van der Waals surface area contributed by atoms with Crippen LogP contribution in [0.2, 0.25) is 0 Å². The smallest absolute Gasteiger partial charge is 0.363 e. The Morgan fingerprint density at radius 2 is 1.74 bits per heavy atom. The largest absolute Gasteiger partial charge is 0.410 e. The summed E-state index contributed by atoms with van der Waals surface area (Å²) < 4.78 is 42.4. The fourth-order valence-corrected chi connectivity index (χ4v) is 3.76. The minimum atomic E-state index is -4.49. The van der Waals surface area contributed by atoms with Crippen molar-refractivity contribution < 1.29 is 18.0 Å². The Morgan fingerprint density at radius 1 is 1.06 bits per heavy atom. The fraction of sp³-hybridized carbons (Fsp3) is 0.304. The molecule has 1 aromatic heterocycles. The molecule has 0 bridgehead atoms. The second-order valence-corrected chi connectivity index (χ2v) is 8.03. The number of carbonyl (C=O) groups is 1. The van der Waals surface area contributed by atoms with Gasteiger partial charge in [0.05, 0.1) is 6.04 Å². The highest BCUT2D eigenvalue weighted by Gasteiger charge is 2.46. The molecule has 2 unspecified atom stereocenters. The van der Waals surface area contributed by atoms with Gasteiger partial charge in [-0.1, -0.05) is 42.0 Å². The number of halogens is 3. The third-order valence-corrected chi connectivity index (χ3v) is 5.54. The van der Waals surface area contributed by atoms with Crippen molar-refractivity contribution in [1.82, 2.24) is 9.78 Å². The molecule has 1 aliphatic rings. The van der Waals surface area contributed by atoms with Crippen molar-refractivity contribution in [1.29, 1.82) is 0 Å². The first-order valence-electron chi connectivity index (χ1n) is 10.00. The Kier molecular flexibility index (Phi) is 5.24. The van der Waals surface area contributed by atoms with Crippen molar-refractivity contribution in [2.75, 3.05) is 10.6 Å². The van der Waals surface area contributed by atoms with E-state index < -0.39 is 24.2 Å². The minimum absolute atomic E-state index is 0.0674. The quantitative estimate of drug-likeness (QED) is 0.561. The second-order valence-electron chi connectivity index (χ2n) is 8.03. The first-order chi connectivity index (χ1) is 14.6. The number of aromatic nitrogens is 2. The van der Waals surface area contributed by atoms with Crippen LogP contribution in [0.1, 0.15) is 51.2 Å². The first kappa shape index (κ1) is 21.0. The Balaban J connectivity index is 1.65. The lowest BCUT2D eigenvalue weighted by molar-refractivity contribution is -0.173. The summed E-state index contributed by atoms with van der Waals surface area (Å²) in [5, 5.41) is 9.88. The van der Waals surface area contributed by atoms with Gasteiger partial charge in [0.2, 0.25) is 0 Å². The number of nitrogens with zero attached hydrogens (tertiary/aromatic N) is 2. The topological polar surface area (TPSA) is 59.0 Å². The lowest BCUT2D eigenvalue weighted by Gasteiger charge is -2.33. The maximum absolute atomic E-state index is 13.8. The number of hydrogen-bond acceptors (Lipinski definition) is 3. The van der Waals surface area contributed by atoms with Crippen LogP contribution in [0, 0.1) is 20.8 Å². The number of benzene rings is 2. The molecule has 4 rings (SSSR count). The fourth-order valence-electron chi connectivity index (χ4n) is 3.76. The molecule has 8 heteroatoms. The van der Waals surface area contributed by atoms with E-state index in [4.69, 9.17) is 0 Å². The Bertz CT molecular complexity index is 1120. The molecular weight excluding hydrogens is 405 g/mol. The third-order valence-electron chi connectivity index (χ3n) is 5.54. The van der Waals surface area contributed by atoms with E-state index in [2.05, 4.69) is 15.7 Å². The monoisotopic (exact) mass is 428 g/mol. The summed E-state index contributed by atoms with van der Waals surface area (Å²) in [6.07, 6.45) is -4.70. The molecule has 0 radical (unpaired) electrons. The summed E-state index contributed by atoms with van der Waals surface area (Å²) in [6, 6.07) is 12.0. The van der Waals surface area contributed by atoms with Gasteiger partial charge in [0.1, 0.15) is 5.82 Å². The first-order valence-corrected chi connectivity index (χ1v) is 10.00. The predicted octanol–water partition coefficient (Wildman–Crippen LogP) is 5.72. The number of aryl methyl sites for hydroxylation is 3. The highest BCUT2D eigenvalue weighted by molar-refractivity contribution is 6.03. The van der Waals surface area contributed by atoms with Crippen LogP contribution in [0.15, 0.2) is 48.5 Å². The predicted molar refractivity (Wildman–Crippen MR) is 113 cm³/mol. The van der Waals surface area contributed by atoms with E-state index in [9.17, 15) is 18.0 Å². The number of nitrogens with one attached hydrogen (secondary N) is 2. The van der Waals surface area contributed by atoms with Crippen LogP contribution in [0.25, 0.3) is 0 Å². The molecule has 0 saturated carbocycles. The number of rotatable bonds is 3. The van der Waals surface area contributed by atoms with Crippen LogP contribution in [0.4, 0.5) is 24.7 Å². The number of amides is 1. The molecule has 2 atom stereocenters. The third kappa shape index (κ3) is 4.28. The minimum Gasteiger partial charge on any atom is -0.363 e. The summed E-state index contributed by atoms with van der Waals surface area (Å²) >= 11 is 0. The maximum Gasteiger partial charge on any atom is 0.410 e. The second kappa shape index (κ2) is 7.76. The van der Waals surface area contributed by atoms with Gasteiger partial charge in [-0.05, 0) is 43.5 Å². The number of hydrogen-bond donors (Lipinski definition) is 2. The van der Waals surface area contributed by atoms with E-state index in [1.165, 1.54) is 6.07 Å². The van der Waals surface area contributed by atoms with Crippen LogP contribution in [-0.2, 0) is 0 Å². The van der Waals surface area contributed by atoms with Gasteiger partial charge in [0.25, 0.3) is 5.91 Å². The van der Waals surface area contributed by atoms with E-state index in [0.29, 0.717) is 5.69 Å². The average molecular weight is 428 g/mol. The maximum atomic E-state index is 13.8. The SMILES string of the molecule is Cc1ccc(C2CC(C(F)(F)F)n3nc(C(=O)Nc4cc(C)ccc4C)cc3N2)cc1. The number of fused-ring (bicyclic) bond motifs is 1. The van der Waals surface area contributed by atoms with Gasteiger partial charge >= 0.3 is 6.18 Å². The van der Waals surface area contributed by atoms with Gasteiger partial charge in [0, 0.05) is 18.2 Å². The molecule has 2 N–H and O–H groups in total. The van der Waals surface area contributed by atoms with Crippen molar-refractivity contribution >= 4 is 17.4 Å². The molecule has 0 fully saturated rings. The molecule has 0 aliphatic carbocycles. The molecule has 0 spiro atoms. The molecule has 0 saturated heterocycles. The molecule has 1 aliphatic heterocycles. The zero-order valence-corrected chi connectivity index (χ0v) is 17.4. The average Bonchev–Trinajstić information content (AvgIpc) is 3.14. The molecule has 31 heavy (non-hydrogen) atoms. The van der Waals surface area contributed by atoms with Gasteiger partial charge in [-0.2, -0.15) is 18.3 Å². The number of carbonyl (C=O) groups excluding carboxylic acids is 1. The van der Waals surface area contributed by atoms with Crippen molar-refractivity contribution in [3.05, 3.63) is 76.5 Å². The van der Waals surface area contributed by atoms with Crippen LogP contribution in [-0.4, -0.2) is 21.9 Å². The highest BCUT2D eigenvalue weighted by Crippen LogP contribution is 2.43. The Labute approximate surface area is 178 Å². The van der Waals surface area contributed by atoms with Gasteiger partial charge in [-0.3, -0.25) is 4.79 Å². The van der Waals surface area contributed by atoms with E-state index in [0.717, 1.165) is 26.9 Å². The zero-order chi connectivity index (χ0) is 22.3. The van der Waals surface area contributed by atoms with Crippen LogP contribution >= 0.6 is 0 Å². The van der Waals surface area contributed by atoms with Crippen molar-refractivity contribution in [2.45, 2.75) is 45.5 Å². The Morgan fingerprint density at radius 3 is 2.42 bits per heavy atom. The van der Waals surface area contributed by atoms with Gasteiger partial charge < -0.3 is 10.6 Å². The highest BCUT2D eigenvalue weighted by atomic mass is 19.4. The van der Waals surface area contributed by atoms with Gasteiger partial charge in [-0.25, -0.2) is 4.68 Å². The standard InChI is InChI=1S/C23H23F3N4O/c1-13-5-8-16(9-6-13)18-11-20(23(24,25)26)30-21(27-18)12-19(29-30)22(31)28-17-10-14(2)4-7-15(17)3/h4-10,12,18,20,27H,11H2,1-3H3,(H,28,31). The molecule has 1 amide bonds. The Hall–Kier alpha value is -3.29. The lowest BCUT2D eigenvalue weighted by Crippen LogP contribution is -2.35. The van der Waals surface area contributed by atoms with E-state index in [-0.39, 0.29) is 17.9 Å². The van der Waals surface area contributed by atoms with E-state index in [1.54, 1.807) is 0 Å². The summed E-state index contributed by atoms with van der Waals surface area (Å²) in [5.41, 5.74) is 4.14. The molecule has 5 nitrogen and oxygen atoms in total. The summed E-state index contributed by atoms with van der Waals surface area (Å²) in [6.45, 7) is 5.67. The van der Waals surface area contributed by atoms with Crippen LogP contribution < -0.4 is 10.6 Å².